The Balaban J connectivity index is 1.54. The van der Waals surface area contributed by atoms with Gasteiger partial charge in [0.05, 0.1) is 0 Å². The van der Waals surface area contributed by atoms with E-state index in [2.05, 4.69) is 5.32 Å². The Hall–Kier alpha value is -1.26. The Morgan fingerprint density at radius 1 is 1.27 bits per heavy atom. The van der Waals surface area contributed by atoms with Gasteiger partial charge < -0.3 is 15.0 Å². The van der Waals surface area contributed by atoms with Crippen LogP contribution in [0.5, 0.6) is 5.75 Å². The summed E-state index contributed by atoms with van der Waals surface area (Å²) >= 11 is 5.84. The lowest BCUT2D eigenvalue weighted by atomic mass is 9.74. The highest BCUT2D eigenvalue weighted by molar-refractivity contribution is 6.30. The summed E-state index contributed by atoms with van der Waals surface area (Å²) in [5, 5.41) is 4.15. The quantitative estimate of drug-likeness (QED) is 0.930. The van der Waals surface area contributed by atoms with Crippen LogP contribution in [0.3, 0.4) is 0 Å². The molecule has 0 saturated carbocycles. The zero-order chi connectivity index (χ0) is 15.4. The van der Waals surface area contributed by atoms with E-state index >= 15 is 0 Å². The van der Waals surface area contributed by atoms with Gasteiger partial charge in [-0.1, -0.05) is 11.6 Å². The van der Waals surface area contributed by atoms with E-state index in [1.165, 1.54) is 19.3 Å². The summed E-state index contributed by atoms with van der Waals surface area (Å²) in [6.07, 6.45) is 4.75. The Labute approximate surface area is 136 Å². The fourth-order valence-electron chi connectivity index (χ4n) is 3.57. The molecule has 1 N–H and O–H groups in total. The van der Waals surface area contributed by atoms with Gasteiger partial charge in [0.1, 0.15) is 5.75 Å². The molecule has 0 bridgehead atoms. The number of benzene rings is 1. The van der Waals surface area contributed by atoms with E-state index in [1.54, 1.807) is 24.3 Å². The molecule has 1 atom stereocenters. The molecule has 2 fully saturated rings. The van der Waals surface area contributed by atoms with Crippen molar-refractivity contribution in [2.75, 3.05) is 32.8 Å². The summed E-state index contributed by atoms with van der Waals surface area (Å²) in [5.41, 5.74) is 0.284. The van der Waals surface area contributed by atoms with Gasteiger partial charge in [-0.25, -0.2) is 0 Å². The number of rotatable bonds is 3. The van der Waals surface area contributed by atoms with Crippen LogP contribution in [0.4, 0.5) is 0 Å². The van der Waals surface area contributed by atoms with Crippen LogP contribution in [0.2, 0.25) is 5.02 Å². The highest BCUT2D eigenvalue weighted by atomic mass is 35.5. The number of nitrogens with one attached hydrogen (secondary N) is 1. The molecule has 0 radical (unpaired) electrons. The molecule has 1 spiro atoms. The first-order valence-electron chi connectivity index (χ1n) is 8.04. The van der Waals surface area contributed by atoms with Gasteiger partial charge in [-0.05, 0) is 56.5 Å². The molecule has 1 aromatic carbocycles. The van der Waals surface area contributed by atoms with Crippen LogP contribution in [0, 0.1) is 5.41 Å². The van der Waals surface area contributed by atoms with E-state index in [-0.39, 0.29) is 17.9 Å². The van der Waals surface area contributed by atoms with E-state index in [0.29, 0.717) is 10.8 Å². The van der Waals surface area contributed by atoms with Gasteiger partial charge in [0, 0.05) is 30.1 Å². The molecule has 5 heteroatoms. The van der Waals surface area contributed by atoms with Crippen LogP contribution in [-0.4, -0.2) is 43.6 Å². The number of carbonyl (C=O) groups is 1. The lowest BCUT2D eigenvalue weighted by molar-refractivity contribution is -0.137. The second kappa shape index (κ2) is 6.88. The molecule has 4 nitrogen and oxygen atoms in total. The molecule has 2 saturated heterocycles. The number of halogens is 1. The second-order valence-electron chi connectivity index (χ2n) is 6.44. The average Bonchev–Trinajstić information content (AvgIpc) is 2.55. The van der Waals surface area contributed by atoms with Gasteiger partial charge in [0.25, 0.3) is 5.91 Å². The maximum Gasteiger partial charge on any atom is 0.260 e. The molecule has 120 valence electrons. The molecule has 3 rings (SSSR count). The molecule has 1 amide bonds. The molecule has 2 aliphatic heterocycles. The third kappa shape index (κ3) is 3.73. The van der Waals surface area contributed by atoms with E-state index in [4.69, 9.17) is 16.3 Å². The topological polar surface area (TPSA) is 41.6 Å². The highest BCUT2D eigenvalue weighted by Gasteiger charge is 2.37. The van der Waals surface area contributed by atoms with Gasteiger partial charge in [0.15, 0.2) is 6.61 Å². The molecule has 2 heterocycles. The van der Waals surface area contributed by atoms with Gasteiger partial charge >= 0.3 is 0 Å². The zero-order valence-electron chi connectivity index (χ0n) is 12.8. The van der Waals surface area contributed by atoms with Gasteiger partial charge in [-0.3, -0.25) is 4.79 Å². The van der Waals surface area contributed by atoms with E-state index in [9.17, 15) is 4.79 Å². The van der Waals surface area contributed by atoms with E-state index in [0.717, 1.165) is 32.6 Å². The molecule has 1 aromatic rings. The second-order valence-corrected chi connectivity index (χ2v) is 6.88. The van der Waals surface area contributed by atoms with Gasteiger partial charge in [0.2, 0.25) is 0 Å². The maximum atomic E-state index is 12.4. The molecule has 1 unspecified atom stereocenters. The van der Waals surface area contributed by atoms with Crippen molar-refractivity contribution in [2.45, 2.75) is 25.7 Å². The first-order chi connectivity index (χ1) is 10.7. The third-order valence-corrected chi connectivity index (χ3v) is 5.00. The Morgan fingerprint density at radius 2 is 2.05 bits per heavy atom. The van der Waals surface area contributed by atoms with Crippen LogP contribution < -0.4 is 10.1 Å². The van der Waals surface area contributed by atoms with Crippen molar-refractivity contribution < 1.29 is 9.53 Å². The maximum absolute atomic E-state index is 12.4. The number of nitrogens with zero attached hydrogens (tertiary/aromatic N) is 1. The number of hydrogen-bond donors (Lipinski definition) is 1. The van der Waals surface area contributed by atoms with Crippen LogP contribution >= 0.6 is 11.6 Å². The van der Waals surface area contributed by atoms with Gasteiger partial charge in [-0.15, -0.1) is 0 Å². The zero-order valence-corrected chi connectivity index (χ0v) is 13.6. The summed E-state index contributed by atoms with van der Waals surface area (Å²) in [6, 6.07) is 7.12. The fourth-order valence-corrected chi connectivity index (χ4v) is 3.69. The van der Waals surface area contributed by atoms with Crippen LogP contribution in [-0.2, 0) is 4.79 Å². The predicted molar refractivity (Wildman–Crippen MR) is 87.3 cm³/mol. The first-order valence-corrected chi connectivity index (χ1v) is 8.42. The van der Waals surface area contributed by atoms with Crippen LogP contribution in [0.1, 0.15) is 25.7 Å². The van der Waals surface area contributed by atoms with Crippen molar-refractivity contribution in [3.8, 4) is 5.75 Å². The Bertz CT molecular complexity index is 506. The van der Waals surface area contributed by atoms with Crippen LogP contribution in [0.25, 0.3) is 0 Å². The van der Waals surface area contributed by atoms with E-state index < -0.39 is 0 Å². The Kier molecular flexibility index (Phi) is 4.89. The summed E-state index contributed by atoms with van der Waals surface area (Å²) in [7, 11) is 0. The SMILES string of the molecule is O=C(COc1ccc(Cl)cc1)N1CCCC2(CCCNC2)C1. The molecular weight excluding hydrogens is 300 g/mol. The van der Waals surface area contributed by atoms with Crippen molar-refractivity contribution in [1.29, 1.82) is 0 Å². The molecule has 2 aliphatic rings. The summed E-state index contributed by atoms with van der Waals surface area (Å²) in [5.74, 6) is 0.767. The van der Waals surface area contributed by atoms with Crippen molar-refractivity contribution in [3.63, 3.8) is 0 Å². The van der Waals surface area contributed by atoms with E-state index in [1.807, 2.05) is 4.90 Å². The molecule has 0 aliphatic carbocycles. The first kappa shape index (κ1) is 15.6. The highest BCUT2D eigenvalue weighted by Crippen LogP contribution is 2.35. The predicted octanol–water partition coefficient (Wildman–Crippen LogP) is 2.71. The normalized spacial score (nSPS) is 25.2. The molecule has 22 heavy (non-hydrogen) atoms. The number of ether oxygens (including phenoxy) is 1. The lowest BCUT2D eigenvalue weighted by Gasteiger charge is -2.45. The van der Waals surface area contributed by atoms with Gasteiger partial charge in [-0.2, -0.15) is 0 Å². The number of likely N-dealkylation sites (tertiary alicyclic amines) is 1. The van der Waals surface area contributed by atoms with Crippen molar-refractivity contribution in [1.82, 2.24) is 10.2 Å². The smallest absolute Gasteiger partial charge is 0.260 e. The average molecular weight is 323 g/mol. The number of amides is 1. The summed E-state index contributed by atoms with van der Waals surface area (Å²) in [6.45, 7) is 3.96. The van der Waals surface area contributed by atoms with Crippen molar-refractivity contribution in [2.24, 2.45) is 5.41 Å². The molecule has 0 aromatic heterocycles. The standard InChI is InChI=1S/C17H23ClN2O2/c18-14-3-5-15(6-4-14)22-11-16(21)20-10-2-8-17(13-20)7-1-9-19-12-17/h3-6,19H,1-2,7-13H2. The summed E-state index contributed by atoms with van der Waals surface area (Å²) in [4.78, 5) is 14.4. The minimum absolute atomic E-state index is 0.0830. The van der Waals surface area contributed by atoms with Crippen LogP contribution in [0.15, 0.2) is 24.3 Å². The minimum Gasteiger partial charge on any atom is -0.484 e. The monoisotopic (exact) mass is 322 g/mol. The fraction of sp³-hybridized carbons (Fsp3) is 0.588. The van der Waals surface area contributed by atoms with Crippen molar-refractivity contribution in [3.05, 3.63) is 29.3 Å². The number of carbonyl (C=O) groups excluding carboxylic acids is 1. The summed E-state index contributed by atoms with van der Waals surface area (Å²) < 4.78 is 5.59. The minimum atomic E-state index is 0.0830. The Morgan fingerprint density at radius 3 is 2.77 bits per heavy atom. The third-order valence-electron chi connectivity index (χ3n) is 4.75. The number of piperidine rings is 2. The van der Waals surface area contributed by atoms with Crippen molar-refractivity contribution >= 4 is 17.5 Å². The molecular formula is C17H23ClN2O2. The number of hydrogen-bond acceptors (Lipinski definition) is 3. The lowest BCUT2D eigenvalue weighted by Crippen LogP contribution is -2.53. The largest absolute Gasteiger partial charge is 0.484 e.